The zero-order valence-electron chi connectivity index (χ0n) is 15.5. The molecule has 1 unspecified atom stereocenters. The summed E-state index contributed by atoms with van der Waals surface area (Å²) in [5, 5.41) is 5.30. The highest BCUT2D eigenvalue weighted by atomic mass is 32.2. The van der Waals surface area contributed by atoms with Crippen LogP contribution < -0.4 is 10.6 Å². The summed E-state index contributed by atoms with van der Waals surface area (Å²) in [6.07, 6.45) is -0.493. The SMILES string of the molecule is CC(=O)Nc1ccc(C2SCC(=O)N2CCNC(=O)OC(C)(C)C)cc1. The summed E-state index contributed by atoms with van der Waals surface area (Å²) in [5.74, 6) is 0.319. The molecule has 0 aliphatic carbocycles. The molecule has 1 atom stereocenters. The number of nitrogens with one attached hydrogen (secondary N) is 2. The third-order valence-electron chi connectivity index (χ3n) is 3.51. The number of hydrogen-bond acceptors (Lipinski definition) is 5. The summed E-state index contributed by atoms with van der Waals surface area (Å²) in [6.45, 7) is 7.58. The predicted molar refractivity (Wildman–Crippen MR) is 102 cm³/mol. The van der Waals surface area contributed by atoms with E-state index < -0.39 is 11.7 Å². The average molecular weight is 379 g/mol. The number of amides is 3. The molecule has 8 heteroatoms. The lowest BCUT2D eigenvalue weighted by Crippen LogP contribution is -2.39. The van der Waals surface area contributed by atoms with E-state index >= 15 is 0 Å². The third kappa shape index (κ3) is 5.94. The Bertz CT molecular complexity index is 670. The van der Waals surface area contributed by atoms with Crippen molar-refractivity contribution < 1.29 is 19.1 Å². The molecule has 0 spiro atoms. The van der Waals surface area contributed by atoms with E-state index in [-0.39, 0.29) is 17.2 Å². The molecule has 1 aromatic rings. The number of hydrogen-bond donors (Lipinski definition) is 2. The minimum absolute atomic E-state index is 0.0388. The Kier molecular flexibility index (Phi) is 6.52. The van der Waals surface area contributed by atoms with Crippen LogP contribution in [0.2, 0.25) is 0 Å². The maximum absolute atomic E-state index is 12.2. The molecule has 1 aliphatic heterocycles. The summed E-state index contributed by atoms with van der Waals surface area (Å²) in [5.41, 5.74) is 1.14. The number of thioether (sulfide) groups is 1. The Labute approximate surface area is 157 Å². The van der Waals surface area contributed by atoms with Crippen molar-refractivity contribution in [2.75, 3.05) is 24.2 Å². The fourth-order valence-corrected chi connectivity index (χ4v) is 3.72. The Hall–Kier alpha value is -2.22. The van der Waals surface area contributed by atoms with Crippen molar-refractivity contribution in [3.63, 3.8) is 0 Å². The van der Waals surface area contributed by atoms with Gasteiger partial charge < -0.3 is 20.3 Å². The van der Waals surface area contributed by atoms with E-state index in [0.29, 0.717) is 24.5 Å². The molecule has 1 saturated heterocycles. The number of anilines is 1. The van der Waals surface area contributed by atoms with Gasteiger partial charge in [-0.1, -0.05) is 12.1 Å². The van der Waals surface area contributed by atoms with Crippen LogP contribution in [0.15, 0.2) is 24.3 Å². The van der Waals surface area contributed by atoms with Crippen LogP contribution >= 0.6 is 11.8 Å². The van der Waals surface area contributed by atoms with Crippen LogP contribution in [0, 0.1) is 0 Å². The molecule has 1 heterocycles. The molecule has 7 nitrogen and oxygen atoms in total. The van der Waals surface area contributed by atoms with Crippen molar-refractivity contribution in [3.8, 4) is 0 Å². The highest BCUT2D eigenvalue weighted by molar-refractivity contribution is 8.00. The van der Waals surface area contributed by atoms with Crippen LogP contribution in [0.1, 0.15) is 38.6 Å². The summed E-state index contributed by atoms with van der Waals surface area (Å²) < 4.78 is 5.19. The van der Waals surface area contributed by atoms with Crippen LogP contribution in [-0.4, -0.2) is 47.3 Å². The summed E-state index contributed by atoms with van der Waals surface area (Å²) >= 11 is 1.55. The van der Waals surface area contributed by atoms with Crippen LogP contribution in [0.3, 0.4) is 0 Å². The first-order valence-electron chi connectivity index (χ1n) is 8.41. The molecule has 26 heavy (non-hydrogen) atoms. The maximum atomic E-state index is 12.2. The highest BCUT2D eigenvalue weighted by Crippen LogP contribution is 2.38. The number of carbonyl (C=O) groups is 3. The zero-order chi connectivity index (χ0) is 19.3. The van der Waals surface area contributed by atoms with Crippen molar-refractivity contribution in [3.05, 3.63) is 29.8 Å². The minimum atomic E-state index is -0.554. The molecular weight excluding hydrogens is 354 g/mol. The lowest BCUT2D eigenvalue weighted by molar-refractivity contribution is -0.128. The quantitative estimate of drug-likeness (QED) is 0.821. The molecule has 0 radical (unpaired) electrons. The predicted octanol–water partition coefficient (Wildman–Crippen LogP) is 2.74. The van der Waals surface area contributed by atoms with E-state index in [2.05, 4.69) is 10.6 Å². The molecule has 0 bridgehead atoms. The van der Waals surface area contributed by atoms with E-state index in [9.17, 15) is 14.4 Å². The lowest BCUT2D eigenvalue weighted by atomic mass is 10.2. The Morgan fingerprint density at radius 2 is 1.92 bits per heavy atom. The Morgan fingerprint density at radius 1 is 1.27 bits per heavy atom. The van der Waals surface area contributed by atoms with Gasteiger partial charge in [-0.15, -0.1) is 11.8 Å². The van der Waals surface area contributed by atoms with Crippen LogP contribution in [0.25, 0.3) is 0 Å². The molecule has 3 amide bonds. The van der Waals surface area contributed by atoms with E-state index in [0.717, 1.165) is 5.56 Å². The molecule has 1 aliphatic rings. The molecule has 1 fully saturated rings. The fourth-order valence-electron chi connectivity index (χ4n) is 2.50. The molecule has 0 saturated carbocycles. The molecular formula is C18H25N3O4S. The standard InChI is InChI=1S/C18H25N3O4S/c1-12(22)20-14-7-5-13(6-8-14)16-21(15(23)11-26-16)10-9-19-17(24)25-18(2,3)4/h5-8,16H,9-11H2,1-4H3,(H,19,24)(H,20,22). The maximum Gasteiger partial charge on any atom is 0.407 e. The van der Waals surface area contributed by atoms with Gasteiger partial charge in [0.15, 0.2) is 0 Å². The number of nitrogens with zero attached hydrogens (tertiary/aromatic N) is 1. The molecule has 2 rings (SSSR count). The summed E-state index contributed by atoms with van der Waals surface area (Å²) in [6, 6.07) is 7.43. The first kappa shape index (κ1) is 20.1. The smallest absolute Gasteiger partial charge is 0.407 e. The van der Waals surface area contributed by atoms with Gasteiger partial charge in [0.05, 0.1) is 5.75 Å². The van der Waals surface area contributed by atoms with Gasteiger partial charge in [0.2, 0.25) is 11.8 Å². The van der Waals surface area contributed by atoms with Crippen LogP contribution in [0.5, 0.6) is 0 Å². The van der Waals surface area contributed by atoms with Crippen molar-refractivity contribution in [1.29, 1.82) is 0 Å². The van der Waals surface area contributed by atoms with Crippen molar-refractivity contribution in [1.82, 2.24) is 10.2 Å². The molecule has 1 aromatic carbocycles. The molecule has 142 valence electrons. The highest BCUT2D eigenvalue weighted by Gasteiger charge is 2.32. The monoisotopic (exact) mass is 379 g/mol. The van der Waals surface area contributed by atoms with Crippen molar-refractivity contribution >= 4 is 35.4 Å². The Balaban J connectivity index is 1.93. The first-order valence-corrected chi connectivity index (χ1v) is 9.46. The lowest BCUT2D eigenvalue weighted by Gasteiger charge is -2.25. The van der Waals surface area contributed by atoms with Gasteiger partial charge in [-0.25, -0.2) is 4.79 Å². The number of rotatable bonds is 5. The third-order valence-corrected chi connectivity index (χ3v) is 4.76. The van der Waals surface area contributed by atoms with Gasteiger partial charge >= 0.3 is 6.09 Å². The van der Waals surface area contributed by atoms with E-state index in [1.807, 2.05) is 24.3 Å². The van der Waals surface area contributed by atoms with Crippen molar-refractivity contribution in [2.45, 2.75) is 38.7 Å². The van der Waals surface area contributed by atoms with Crippen LogP contribution in [0.4, 0.5) is 10.5 Å². The van der Waals surface area contributed by atoms with Gasteiger partial charge in [0.25, 0.3) is 0 Å². The van der Waals surface area contributed by atoms with Gasteiger partial charge in [0, 0.05) is 25.7 Å². The van der Waals surface area contributed by atoms with Gasteiger partial charge in [-0.05, 0) is 38.5 Å². The van der Waals surface area contributed by atoms with Crippen LogP contribution in [-0.2, 0) is 14.3 Å². The van der Waals surface area contributed by atoms with E-state index in [1.165, 1.54) is 6.92 Å². The number of alkyl carbamates (subject to hydrolysis) is 1. The normalized spacial score (nSPS) is 17.2. The molecule has 2 N–H and O–H groups in total. The van der Waals surface area contributed by atoms with E-state index in [1.54, 1.807) is 37.4 Å². The summed E-state index contributed by atoms with van der Waals surface area (Å²) in [7, 11) is 0. The Morgan fingerprint density at radius 3 is 2.50 bits per heavy atom. The second kappa shape index (κ2) is 8.44. The van der Waals surface area contributed by atoms with Gasteiger partial charge in [-0.3, -0.25) is 9.59 Å². The average Bonchev–Trinajstić information content (AvgIpc) is 2.87. The summed E-state index contributed by atoms with van der Waals surface area (Å²) in [4.78, 5) is 36.7. The van der Waals surface area contributed by atoms with Gasteiger partial charge in [-0.2, -0.15) is 0 Å². The fraction of sp³-hybridized carbons (Fsp3) is 0.500. The first-order chi connectivity index (χ1) is 12.2. The number of carbonyl (C=O) groups excluding carboxylic acids is 3. The zero-order valence-corrected chi connectivity index (χ0v) is 16.3. The topological polar surface area (TPSA) is 87.7 Å². The second-order valence-electron chi connectivity index (χ2n) is 6.98. The minimum Gasteiger partial charge on any atom is -0.444 e. The number of benzene rings is 1. The van der Waals surface area contributed by atoms with Crippen molar-refractivity contribution in [2.24, 2.45) is 0 Å². The molecule has 0 aromatic heterocycles. The second-order valence-corrected chi connectivity index (χ2v) is 8.05. The van der Waals surface area contributed by atoms with Gasteiger partial charge in [0.1, 0.15) is 11.0 Å². The van der Waals surface area contributed by atoms with E-state index in [4.69, 9.17) is 4.74 Å². The number of ether oxygens (including phenoxy) is 1. The largest absolute Gasteiger partial charge is 0.444 e.